The molecule has 0 spiro atoms. The Hall–Kier alpha value is -3.44. The number of aryl methyl sites for hydroxylation is 2. The van der Waals surface area contributed by atoms with E-state index in [-0.39, 0.29) is 5.91 Å². The molecule has 2 aromatic heterocycles. The van der Waals surface area contributed by atoms with Crippen molar-refractivity contribution >= 4 is 29.1 Å². The van der Waals surface area contributed by atoms with Gasteiger partial charge in [-0.1, -0.05) is 46.1 Å². The predicted molar refractivity (Wildman–Crippen MR) is 119 cm³/mol. The van der Waals surface area contributed by atoms with Gasteiger partial charge in [-0.2, -0.15) is 0 Å². The molecule has 0 radical (unpaired) electrons. The third kappa shape index (κ3) is 3.72. The zero-order valence-corrected chi connectivity index (χ0v) is 17.6. The number of nitrogens with zero attached hydrogens (tertiary/aromatic N) is 3. The van der Waals surface area contributed by atoms with E-state index in [0.717, 1.165) is 22.3 Å². The summed E-state index contributed by atoms with van der Waals surface area (Å²) >= 11 is 6.41. The van der Waals surface area contributed by atoms with Gasteiger partial charge in [0.05, 0.1) is 16.3 Å². The van der Waals surface area contributed by atoms with E-state index in [4.69, 9.17) is 16.1 Å². The number of carbonyl (C=O) groups is 1. The molecular weight excluding hydrogens is 398 g/mol. The van der Waals surface area contributed by atoms with Crippen molar-refractivity contribution < 1.29 is 9.32 Å². The highest BCUT2D eigenvalue weighted by Crippen LogP contribution is 2.43. The third-order valence-electron chi connectivity index (χ3n) is 4.75. The molecule has 5 nitrogen and oxygen atoms in total. The van der Waals surface area contributed by atoms with Crippen LogP contribution in [0.15, 0.2) is 71.5 Å². The second kappa shape index (κ2) is 8.13. The second-order valence-electron chi connectivity index (χ2n) is 7.13. The van der Waals surface area contributed by atoms with E-state index in [1.54, 1.807) is 24.5 Å². The lowest BCUT2D eigenvalue weighted by molar-refractivity contribution is -0.116. The number of halogens is 1. The Balaban J connectivity index is 2.00. The Morgan fingerprint density at radius 2 is 1.63 bits per heavy atom. The summed E-state index contributed by atoms with van der Waals surface area (Å²) < 4.78 is 5.79. The van der Waals surface area contributed by atoms with Crippen molar-refractivity contribution in [3.8, 4) is 22.4 Å². The van der Waals surface area contributed by atoms with Crippen LogP contribution < -0.4 is 4.90 Å². The van der Waals surface area contributed by atoms with Gasteiger partial charge in [0.15, 0.2) is 0 Å². The largest absolute Gasteiger partial charge is 0.337 e. The van der Waals surface area contributed by atoms with Gasteiger partial charge in [0.2, 0.25) is 11.8 Å². The van der Waals surface area contributed by atoms with Gasteiger partial charge in [-0.25, -0.2) is 4.90 Å². The van der Waals surface area contributed by atoms with E-state index in [0.29, 0.717) is 27.9 Å². The molecule has 6 heteroatoms. The van der Waals surface area contributed by atoms with E-state index in [9.17, 15) is 4.79 Å². The molecule has 150 valence electrons. The van der Waals surface area contributed by atoms with E-state index in [2.05, 4.69) is 16.2 Å². The molecule has 0 aliphatic rings. The first-order chi connectivity index (χ1) is 14.5. The normalized spacial score (nSPS) is 10.8. The molecule has 0 bridgehead atoms. The van der Waals surface area contributed by atoms with Gasteiger partial charge in [-0.15, -0.1) is 0 Å². The SMILES string of the molecule is CC(=O)N(c1ccccc1Cl)c1onc(-c2cc(C)cc(C)c2)c1-c1ccncc1. The van der Waals surface area contributed by atoms with Gasteiger partial charge in [-0.05, 0) is 55.8 Å². The zero-order valence-electron chi connectivity index (χ0n) is 16.9. The maximum atomic E-state index is 12.7. The van der Waals surface area contributed by atoms with Crippen molar-refractivity contribution in [3.05, 3.63) is 83.1 Å². The van der Waals surface area contributed by atoms with Crippen LogP contribution >= 0.6 is 11.6 Å². The molecule has 0 saturated heterocycles. The Kier molecular flexibility index (Phi) is 5.38. The number of rotatable bonds is 4. The standard InChI is InChI=1S/C24H20ClN3O2/c1-15-12-16(2)14-19(13-15)23-22(18-8-10-26-11-9-18)24(30-27-23)28(17(3)29)21-7-5-4-6-20(21)25/h4-14H,1-3H3. The molecule has 4 aromatic rings. The Bertz CT molecular complexity index is 1200. The summed E-state index contributed by atoms with van der Waals surface area (Å²) in [4.78, 5) is 18.3. The Morgan fingerprint density at radius 3 is 2.27 bits per heavy atom. The van der Waals surface area contributed by atoms with E-state index >= 15 is 0 Å². The smallest absolute Gasteiger partial charge is 0.247 e. The number of benzene rings is 2. The Morgan fingerprint density at radius 1 is 0.967 bits per heavy atom. The topological polar surface area (TPSA) is 59.2 Å². The fourth-order valence-corrected chi connectivity index (χ4v) is 3.80. The molecule has 1 amide bonds. The van der Waals surface area contributed by atoms with E-state index in [1.807, 2.05) is 50.2 Å². The minimum Gasteiger partial charge on any atom is -0.337 e. The number of pyridine rings is 1. The summed E-state index contributed by atoms with van der Waals surface area (Å²) in [6.45, 7) is 5.54. The third-order valence-corrected chi connectivity index (χ3v) is 5.07. The van der Waals surface area contributed by atoms with E-state index < -0.39 is 0 Å². The maximum Gasteiger partial charge on any atom is 0.247 e. The van der Waals surface area contributed by atoms with Crippen LogP contribution in [0.3, 0.4) is 0 Å². The quantitative estimate of drug-likeness (QED) is 0.387. The lowest BCUT2D eigenvalue weighted by Gasteiger charge is -2.20. The zero-order chi connectivity index (χ0) is 21.3. The molecule has 0 N–H and O–H groups in total. The number of aromatic nitrogens is 2. The summed E-state index contributed by atoms with van der Waals surface area (Å²) in [6.07, 6.45) is 3.40. The van der Waals surface area contributed by atoms with Crippen LogP contribution in [-0.2, 0) is 4.79 Å². The van der Waals surface area contributed by atoms with Gasteiger partial charge in [0, 0.05) is 24.9 Å². The molecule has 0 aliphatic heterocycles. The highest BCUT2D eigenvalue weighted by molar-refractivity contribution is 6.34. The van der Waals surface area contributed by atoms with Gasteiger partial charge in [0.25, 0.3) is 0 Å². The summed E-state index contributed by atoms with van der Waals surface area (Å²) in [7, 11) is 0. The lowest BCUT2D eigenvalue weighted by Crippen LogP contribution is -2.23. The molecule has 2 heterocycles. The monoisotopic (exact) mass is 417 g/mol. The maximum absolute atomic E-state index is 12.7. The highest BCUT2D eigenvalue weighted by atomic mass is 35.5. The number of carbonyl (C=O) groups excluding carboxylic acids is 1. The van der Waals surface area contributed by atoms with Gasteiger partial charge < -0.3 is 4.52 Å². The number of hydrogen-bond donors (Lipinski definition) is 0. The van der Waals surface area contributed by atoms with Gasteiger partial charge in [-0.3, -0.25) is 9.78 Å². The van der Waals surface area contributed by atoms with E-state index in [1.165, 1.54) is 11.8 Å². The fourth-order valence-electron chi connectivity index (χ4n) is 3.58. The molecule has 2 aromatic carbocycles. The lowest BCUT2D eigenvalue weighted by atomic mass is 9.98. The summed E-state index contributed by atoms with van der Waals surface area (Å²) in [5.74, 6) is 0.0810. The van der Waals surface area contributed by atoms with Crippen LogP contribution in [0.5, 0.6) is 0 Å². The first-order valence-electron chi connectivity index (χ1n) is 9.49. The van der Waals surface area contributed by atoms with Crippen LogP contribution in [0.4, 0.5) is 11.6 Å². The van der Waals surface area contributed by atoms with Crippen molar-refractivity contribution in [3.63, 3.8) is 0 Å². The average Bonchev–Trinajstić information content (AvgIpc) is 3.14. The van der Waals surface area contributed by atoms with Crippen LogP contribution in [0.1, 0.15) is 18.1 Å². The highest BCUT2D eigenvalue weighted by Gasteiger charge is 2.28. The van der Waals surface area contributed by atoms with Crippen LogP contribution in [0.2, 0.25) is 5.02 Å². The number of hydrogen-bond acceptors (Lipinski definition) is 4. The van der Waals surface area contributed by atoms with Gasteiger partial charge in [0.1, 0.15) is 5.69 Å². The van der Waals surface area contributed by atoms with Crippen molar-refractivity contribution in [2.75, 3.05) is 4.90 Å². The number of para-hydroxylation sites is 1. The predicted octanol–water partition coefficient (Wildman–Crippen LogP) is 6.36. The molecule has 0 unspecified atom stereocenters. The van der Waals surface area contributed by atoms with Crippen LogP contribution in [-0.4, -0.2) is 16.0 Å². The number of amides is 1. The first kappa shape index (κ1) is 19.9. The number of anilines is 2. The average molecular weight is 418 g/mol. The van der Waals surface area contributed by atoms with Crippen molar-refractivity contribution in [2.24, 2.45) is 0 Å². The molecule has 0 aliphatic carbocycles. The molecule has 0 fully saturated rings. The minimum atomic E-state index is -0.235. The van der Waals surface area contributed by atoms with Gasteiger partial charge >= 0.3 is 0 Å². The Labute approximate surface area is 179 Å². The molecule has 0 atom stereocenters. The summed E-state index contributed by atoms with van der Waals surface area (Å²) in [5.41, 5.74) is 5.88. The summed E-state index contributed by atoms with van der Waals surface area (Å²) in [6, 6.07) is 17.1. The van der Waals surface area contributed by atoms with Crippen LogP contribution in [0.25, 0.3) is 22.4 Å². The summed E-state index contributed by atoms with van der Waals surface area (Å²) in [5, 5.41) is 4.81. The van der Waals surface area contributed by atoms with Crippen molar-refractivity contribution in [1.29, 1.82) is 0 Å². The van der Waals surface area contributed by atoms with Crippen molar-refractivity contribution in [2.45, 2.75) is 20.8 Å². The van der Waals surface area contributed by atoms with Crippen molar-refractivity contribution in [1.82, 2.24) is 10.1 Å². The second-order valence-corrected chi connectivity index (χ2v) is 7.54. The first-order valence-corrected chi connectivity index (χ1v) is 9.87. The minimum absolute atomic E-state index is 0.235. The molecule has 4 rings (SSSR count). The molecule has 30 heavy (non-hydrogen) atoms. The molecular formula is C24H20ClN3O2. The van der Waals surface area contributed by atoms with Crippen LogP contribution in [0, 0.1) is 13.8 Å². The molecule has 0 saturated carbocycles. The fraction of sp³-hybridized carbons (Fsp3) is 0.125.